The minimum atomic E-state index is -0.109. The molecule has 2 unspecified atom stereocenters. The van der Waals surface area contributed by atoms with Gasteiger partial charge < -0.3 is 10.6 Å². The van der Waals surface area contributed by atoms with E-state index in [4.69, 9.17) is 5.73 Å². The van der Waals surface area contributed by atoms with E-state index in [0.29, 0.717) is 12.5 Å². The number of halogens is 1. The SMILES string of the molecule is CC1CCN(c2c(F)cccc2CCN)CC1C. The highest BCUT2D eigenvalue weighted by molar-refractivity contribution is 5.55. The molecule has 2 atom stereocenters. The second-order valence-corrected chi connectivity index (χ2v) is 5.48. The van der Waals surface area contributed by atoms with Gasteiger partial charge >= 0.3 is 0 Å². The molecule has 0 aliphatic carbocycles. The minimum Gasteiger partial charge on any atom is -0.369 e. The van der Waals surface area contributed by atoms with Crippen LogP contribution in [0.4, 0.5) is 10.1 Å². The summed E-state index contributed by atoms with van der Waals surface area (Å²) in [5.74, 6) is 1.23. The smallest absolute Gasteiger partial charge is 0.146 e. The number of nitrogens with two attached hydrogens (primary N) is 1. The Morgan fingerprint density at radius 3 is 2.78 bits per heavy atom. The molecule has 1 aromatic rings. The molecule has 0 radical (unpaired) electrons. The molecule has 1 aliphatic heterocycles. The van der Waals surface area contributed by atoms with Crippen molar-refractivity contribution in [3.63, 3.8) is 0 Å². The molecular weight excluding hydrogens is 227 g/mol. The van der Waals surface area contributed by atoms with Crippen molar-refractivity contribution >= 4 is 5.69 Å². The fraction of sp³-hybridized carbons (Fsp3) is 0.600. The van der Waals surface area contributed by atoms with Crippen LogP contribution in [0.15, 0.2) is 18.2 Å². The summed E-state index contributed by atoms with van der Waals surface area (Å²) in [5, 5.41) is 0. The lowest BCUT2D eigenvalue weighted by Crippen LogP contribution is -2.39. The molecule has 0 spiro atoms. The summed E-state index contributed by atoms with van der Waals surface area (Å²) in [6, 6.07) is 5.33. The summed E-state index contributed by atoms with van der Waals surface area (Å²) < 4.78 is 14.1. The van der Waals surface area contributed by atoms with Gasteiger partial charge in [-0.3, -0.25) is 0 Å². The molecule has 2 N–H and O–H groups in total. The van der Waals surface area contributed by atoms with Gasteiger partial charge in [0.25, 0.3) is 0 Å². The van der Waals surface area contributed by atoms with Crippen LogP contribution in [-0.2, 0) is 6.42 Å². The van der Waals surface area contributed by atoms with E-state index >= 15 is 0 Å². The van der Waals surface area contributed by atoms with Gasteiger partial charge in [0.05, 0.1) is 5.69 Å². The van der Waals surface area contributed by atoms with Gasteiger partial charge in [0, 0.05) is 13.1 Å². The van der Waals surface area contributed by atoms with Gasteiger partial charge in [-0.2, -0.15) is 0 Å². The first-order chi connectivity index (χ1) is 8.63. The third-order valence-electron chi connectivity index (χ3n) is 4.13. The lowest BCUT2D eigenvalue weighted by Gasteiger charge is -2.38. The van der Waals surface area contributed by atoms with Crippen molar-refractivity contribution < 1.29 is 4.39 Å². The van der Waals surface area contributed by atoms with Crippen LogP contribution in [0.2, 0.25) is 0 Å². The second kappa shape index (κ2) is 5.70. The first-order valence-electron chi connectivity index (χ1n) is 6.86. The van der Waals surface area contributed by atoms with E-state index in [1.165, 1.54) is 0 Å². The van der Waals surface area contributed by atoms with Crippen molar-refractivity contribution in [3.8, 4) is 0 Å². The van der Waals surface area contributed by atoms with E-state index in [1.807, 2.05) is 6.07 Å². The van der Waals surface area contributed by atoms with E-state index < -0.39 is 0 Å². The number of rotatable bonds is 3. The minimum absolute atomic E-state index is 0.109. The van der Waals surface area contributed by atoms with Crippen molar-refractivity contribution in [1.82, 2.24) is 0 Å². The second-order valence-electron chi connectivity index (χ2n) is 5.48. The van der Waals surface area contributed by atoms with Crippen LogP contribution in [0.1, 0.15) is 25.8 Å². The molecule has 2 nitrogen and oxygen atoms in total. The third kappa shape index (κ3) is 2.66. The topological polar surface area (TPSA) is 29.3 Å². The number of anilines is 1. The van der Waals surface area contributed by atoms with Gasteiger partial charge in [-0.15, -0.1) is 0 Å². The largest absolute Gasteiger partial charge is 0.369 e. The zero-order valence-electron chi connectivity index (χ0n) is 11.3. The maximum absolute atomic E-state index is 14.1. The van der Waals surface area contributed by atoms with Gasteiger partial charge in [-0.25, -0.2) is 4.39 Å². The summed E-state index contributed by atoms with van der Waals surface area (Å²) >= 11 is 0. The standard InChI is InChI=1S/C15H23FN2/c1-11-7-9-18(10-12(11)2)15-13(6-8-17)4-3-5-14(15)16/h3-5,11-12H,6-10,17H2,1-2H3. The third-order valence-corrected chi connectivity index (χ3v) is 4.13. The average molecular weight is 250 g/mol. The Balaban J connectivity index is 2.26. The molecule has 2 rings (SSSR count). The van der Waals surface area contributed by atoms with Gasteiger partial charge in [0.1, 0.15) is 5.82 Å². The van der Waals surface area contributed by atoms with E-state index in [9.17, 15) is 4.39 Å². The Morgan fingerprint density at radius 1 is 1.33 bits per heavy atom. The summed E-state index contributed by atoms with van der Waals surface area (Å²) in [4.78, 5) is 2.20. The Bertz CT molecular complexity index is 405. The molecule has 3 heteroatoms. The molecule has 1 saturated heterocycles. The molecule has 1 aliphatic rings. The highest BCUT2D eigenvalue weighted by atomic mass is 19.1. The van der Waals surface area contributed by atoms with E-state index in [2.05, 4.69) is 18.7 Å². The Labute approximate surface area is 109 Å². The lowest BCUT2D eigenvalue weighted by atomic mass is 9.88. The number of hydrogen-bond donors (Lipinski definition) is 1. The van der Waals surface area contributed by atoms with Crippen molar-refractivity contribution in [2.45, 2.75) is 26.7 Å². The average Bonchev–Trinajstić information content (AvgIpc) is 2.34. The van der Waals surface area contributed by atoms with Crippen LogP contribution < -0.4 is 10.6 Å². The Hall–Kier alpha value is -1.09. The van der Waals surface area contributed by atoms with Gasteiger partial charge in [0.2, 0.25) is 0 Å². The number of nitrogens with zero attached hydrogens (tertiary/aromatic N) is 1. The highest BCUT2D eigenvalue weighted by Gasteiger charge is 2.25. The predicted molar refractivity (Wildman–Crippen MR) is 74.3 cm³/mol. The summed E-state index contributed by atoms with van der Waals surface area (Å²) in [6.45, 7) is 6.99. The maximum Gasteiger partial charge on any atom is 0.146 e. The molecule has 1 heterocycles. The number of piperidine rings is 1. The first-order valence-corrected chi connectivity index (χ1v) is 6.86. The lowest BCUT2D eigenvalue weighted by molar-refractivity contribution is 0.322. The highest BCUT2D eigenvalue weighted by Crippen LogP contribution is 2.31. The normalized spacial score (nSPS) is 24.3. The van der Waals surface area contributed by atoms with Crippen molar-refractivity contribution in [3.05, 3.63) is 29.6 Å². The van der Waals surface area contributed by atoms with Crippen LogP contribution in [0.5, 0.6) is 0 Å². The molecule has 0 bridgehead atoms. The molecule has 1 fully saturated rings. The molecule has 0 saturated carbocycles. The maximum atomic E-state index is 14.1. The van der Waals surface area contributed by atoms with Crippen LogP contribution in [0.25, 0.3) is 0 Å². The van der Waals surface area contributed by atoms with E-state index in [-0.39, 0.29) is 5.82 Å². The van der Waals surface area contributed by atoms with Crippen LogP contribution in [0, 0.1) is 17.7 Å². The fourth-order valence-corrected chi connectivity index (χ4v) is 2.74. The summed E-state index contributed by atoms with van der Waals surface area (Å²) in [7, 11) is 0. The molecule has 18 heavy (non-hydrogen) atoms. The molecular formula is C15H23FN2. The quantitative estimate of drug-likeness (QED) is 0.894. The molecule has 0 aromatic heterocycles. The molecule has 1 aromatic carbocycles. The molecule has 100 valence electrons. The fourth-order valence-electron chi connectivity index (χ4n) is 2.74. The summed E-state index contributed by atoms with van der Waals surface area (Å²) in [6.07, 6.45) is 1.88. The Kier molecular flexibility index (Phi) is 4.23. The zero-order valence-corrected chi connectivity index (χ0v) is 11.3. The van der Waals surface area contributed by atoms with Gasteiger partial charge in [0.15, 0.2) is 0 Å². The van der Waals surface area contributed by atoms with Gasteiger partial charge in [-0.1, -0.05) is 26.0 Å². The Morgan fingerprint density at radius 2 is 2.11 bits per heavy atom. The van der Waals surface area contributed by atoms with Gasteiger partial charge in [-0.05, 0) is 42.9 Å². The van der Waals surface area contributed by atoms with Crippen molar-refractivity contribution in [1.29, 1.82) is 0 Å². The van der Waals surface area contributed by atoms with Crippen LogP contribution in [0.3, 0.4) is 0 Å². The number of hydrogen-bond acceptors (Lipinski definition) is 2. The molecule has 0 amide bonds. The predicted octanol–water partition coefficient (Wildman–Crippen LogP) is 2.81. The van der Waals surface area contributed by atoms with Crippen molar-refractivity contribution in [2.24, 2.45) is 17.6 Å². The summed E-state index contributed by atoms with van der Waals surface area (Å²) in [5.41, 5.74) is 7.44. The van der Waals surface area contributed by atoms with Crippen LogP contribution >= 0.6 is 0 Å². The van der Waals surface area contributed by atoms with E-state index in [1.54, 1.807) is 12.1 Å². The monoisotopic (exact) mass is 250 g/mol. The first kappa shape index (κ1) is 13.3. The van der Waals surface area contributed by atoms with Crippen LogP contribution in [-0.4, -0.2) is 19.6 Å². The number of benzene rings is 1. The van der Waals surface area contributed by atoms with E-state index in [0.717, 1.165) is 43.1 Å². The zero-order chi connectivity index (χ0) is 13.1. The van der Waals surface area contributed by atoms with Crippen molar-refractivity contribution in [2.75, 3.05) is 24.5 Å². The number of para-hydroxylation sites is 1.